The van der Waals surface area contributed by atoms with Crippen LogP contribution in [0.1, 0.15) is 13.3 Å². The van der Waals surface area contributed by atoms with E-state index < -0.39 is 0 Å². The molecule has 0 heterocycles. The van der Waals surface area contributed by atoms with Crippen LogP contribution in [0, 0.1) is 5.92 Å². The Balaban J connectivity index is 2.24. The number of benzene rings is 2. The van der Waals surface area contributed by atoms with Crippen molar-refractivity contribution in [1.29, 1.82) is 0 Å². The van der Waals surface area contributed by atoms with E-state index in [-0.39, 0.29) is 0 Å². The fourth-order valence-electron chi connectivity index (χ4n) is 2.48. The van der Waals surface area contributed by atoms with Gasteiger partial charge < -0.3 is 10.6 Å². The Bertz CT molecular complexity index is 502. The number of nitrogens with zero attached hydrogens (tertiary/aromatic N) is 1. The summed E-state index contributed by atoms with van der Waals surface area (Å²) in [5.74, 6) is 0.624. The van der Waals surface area contributed by atoms with E-state index in [9.17, 15) is 0 Å². The highest BCUT2D eigenvalue weighted by Gasteiger charge is 2.09. The summed E-state index contributed by atoms with van der Waals surface area (Å²) < 4.78 is 0. The highest BCUT2D eigenvalue weighted by Crippen LogP contribution is 2.26. The van der Waals surface area contributed by atoms with Gasteiger partial charge in [0.05, 0.1) is 0 Å². The molecular formula is C16H22N2. The zero-order valence-corrected chi connectivity index (χ0v) is 11.3. The molecular weight excluding hydrogens is 220 g/mol. The van der Waals surface area contributed by atoms with Crippen LogP contribution < -0.4 is 10.6 Å². The molecule has 0 aliphatic rings. The van der Waals surface area contributed by atoms with Gasteiger partial charge in [-0.05, 0) is 30.3 Å². The van der Waals surface area contributed by atoms with Gasteiger partial charge in [-0.3, -0.25) is 0 Å². The van der Waals surface area contributed by atoms with Crippen molar-refractivity contribution in [1.82, 2.24) is 0 Å². The lowest BCUT2D eigenvalue weighted by atomic mass is 10.1. The van der Waals surface area contributed by atoms with Crippen LogP contribution in [0.5, 0.6) is 0 Å². The quantitative estimate of drug-likeness (QED) is 0.872. The maximum atomic E-state index is 5.62. The zero-order valence-electron chi connectivity index (χ0n) is 11.3. The largest absolute Gasteiger partial charge is 0.374 e. The molecule has 0 saturated heterocycles. The number of hydrogen-bond acceptors (Lipinski definition) is 2. The Kier molecular flexibility index (Phi) is 4.21. The first kappa shape index (κ1) is 12.9. The van der Waals surface area contributed by atoms with Crippen molar-refractivity contribution in [3.8, 4) is 0 Å². The molecule has 1 unspecified atom stereocenters. The number of nitrogens with two attached hydrogens (primary N) is 1. The second-order valence-electron chi connectivity index (χ2n) is 5.06. The first-order valence-electron chi connectivity index (χ1n) is 6.61. The predicted octanol–water partition coefficient (Wildman–Crippen LogP) is 3.26. The predicted molar refractivity (Wildman–Crippen MR) is 80.1 cm³/mol. The van der Waals surface area contributed by atoms with E-state index in [2.05, 4.69) is 61.3 Å². The SMILES string of the molecule is CC(CCN)CN(C)c1cccc2ccccc12. The molecule has 2 aromatic rings. The fraction of sp³-hybridized carbons (Fsp3) is 0.375. The minimum atomic E-state index is 0.624. The molecule has 18 heavy (non-hydrogen) atoms. The molecule has 0 aromatic heterocycles. The minimum absolute atomic E-state index is 0.624. The van der Waals surface area contributed by atoms with Gasteiger partial charge in [-0.25, -0.2) is 0 Å². The number of fused-ring (bicyclic) bond motifs is 1. The average Bonchev–Trinajstić information content (AvgIpc) is 2.38. The van der Waals surface area contributed by atoms with Gasteiger partial charge in [0.25, 0.3) is 0 Å². The molecule has 1 atom stereocenters. The summed E-state index contributed by atoms with van der Waals surface area (Å²) in [6.45, 7) is 4.07. The Morgan fingerprint density at radius 1 is 1.11 bits per heavy atom. The molecule has 0 bridgehead atoms. The lowest BCUT2D eigenvalue weighted by Gasteiger charge is -2.24. The van der Waals surface area contributed by atoms with Crippen LogP contribution in [-0.4, -0.2) is 20.1 Å². The molecule has 96 valence electrons. The smallest absolute Gasteiger partial charge is 0.0443 e. The van der Waals surface area contributed by atoms with E-state index in [1.54, 1.807) is 0 Å². The van der Waals surface area contributed by atoms with Crippen molar-refractivity contribution >= 4 is 16.5 Å². The average molecular weight is 242 g/mol. The van der Waals surface area contributed by atoms with Gasteiger partial charge in [-0.1, -0.05) is 43.3 Å². The lowest BCUT2D eigenvalue weighted by molar-refractivity contribution is 0.540. The van der Waals surface area contributed by atoms with Crippen LogP contribution in [-0.2, 0) is 0 Å². The summed E-state index contributed by atoms with van der Waals surface area (Å²) >= 11 is 0. The van der Waals surface area contributed by atoms with Crippen LogP contribution in [0.2, 0.25) is 0 Å². The van der Waals surface area contributed by atoms with E-state index in [4.69, 9.17) is 5.73 Å². The molecule has 0 radical (unpaired) electrons. The summed E-state index contributed by atoms with van der Waals surface area (Å²) in [6, 6.07) is 15.0. The number of anilines is 1. The Morgan fingerprint density at radius 2 is 1.83 bits per heavy atom. The molecule has 0 saturated carbocycles. The normalized spacial score (nSPS) is 12.6. The van der Waals surface area contributed by atoms with E-state index >= 15 is 0 Å². The van der Waals surface area contributed by atoms with Gasteiger partial charge in [0, 0.05) is 24.7 Å². The molecule has 0 amide bonds. The van der Waals surface area contributed by atoms with E-state index in [1.165, 1.54) is 16.5 Å². The Morgan fingerprint density at radius 3 is 2.61 bits per heavy atom. The van der Waals surface area contributed by atoms with Gasteiger partial charge in [0.2, 0.25) is 0 Å². The topological polar surface area (TPSA) is 29.3 Å². The lowest BCUT2D eigenvalue weighted by Crippen LogP contribution is -2.25. The minimum Gasteiger partial charge on any atom is -0.374 e. The van der Waals surface area contributed by atoms with Crippen molar-refractivity contribution in [3.05, 3.63) is 42.5 Å². The molecule has 2 heteroatoms. The van der Waals surface area contributed by atoms with Crippen molar-refractivity contribution in [2.24, 2.45) is 11.7 Å². The standard InChI is InChI=1S/C16H22N2/c1-13(10-11-17)12-18(2)16-9-5-7-14-6-3-4-8-15(14)16/h3-9,13H,10-12,17H2,1-2H3. The molecule has 0 aliphatic heterocycles. The monoisotopic (exact) mass is 242 g/mol. The summed E-state index contributed by atoms with van der Waals surface area (Å²) in [5.41, 5.74) is 6.92. The third-order valence-corrected chi connectivity index (χ3v) is 3.42. The summed E-state index contributed by atoms with van der Waals surface area (Å²) in [4.78, 5) is 2.34. The molecule has 0 aliphatic carbocycles. The van der Waals surface area contributed by atoms with Gasteiger partial charge in [-0.15, -0.1) is 0 Å². The van der Waals surface area contributed by atoms with E-state index in [0.29, 0.717) is 5.92 Å². The van der Waals surface area contributed by atoms with Crippen LogP contribution >= 0.6 is 0 Å². The highest BCUT2D eigenvalue weighted by molar-refractivity contribution is 5.94. The molecule has 2 nitrogen and oxygen atoms in total. The highest BCUT2D eigenvalue weighted by atomic mass is 15.1. The second kappa shape index (κ2) is 5.87. The maximum Gasteiger partial charge on any atom is 0.0443 e. The van der Waals surface area contributed by atoms with Crippen LogP contribution in [0.25, 0.3) is 10.8 Å². The number of hydrogen-bond donors (Lipinski definition) is 1. The summed E-state index contributed by atoms with van der Waals surface area (Å²) in [5, 5.41) is 2.62. The second-order valence-corrected chi connectivity index (χ2v) is 5.06. The van der Waals surface area contributed by atoms with Crippen molar-refractivity contribution in [3.63, 3.8) is 0 Å². The number of rotatable bonds is 5. The van der Waals surface area contributed by atoms with Crippen molar-refractivity contribution in [2.75, 3.05) is 25.0 Å². The third kappa shape index (κ3) is 2.82. The summed E-state index contributed by atoms with van der Waals surface area (Å²) in [6.07, 6.45) is 1.08. The van der Waals surface area contributed by atoms with Gasteiger partial charge >= 0.3 is 0 Å². The molecule has 0 fully saturated rings. The molecule has 2 aromatic carbocycles. The van der Waals surface area contributed by atoms with Gasteiger partial charge in [0.1, 0.15) is 0 Å². The van der Waals surface area contributed by atoms with E-state index in [0.717, 1.165) is 19.5 Å². The zero-order chi connectivity index (χ0) is 13.0. The van der Waals surface area contributed by atoms with Crippen LogP contribution in [0.4, 0.5) is 5.69 Å². The van der Waals surface area contributed by atoms with Crippen molar-refractivity contribution in [2.45, 2.75) is 13.3 Å². The first-order chi connectivity index (χ1) is 8.72. The first-order valence-corrected chi connectivity index (χ1v) is 6.61. The molecule has 0 spiro atoms. The van der Waals surface area contributed by atoms with Crippen LogP contribution in [0.3, 0.4) is 0 Å². The summed E-state index contributed by atoms with van der Waals surface area (Å²) in [7, 11) is 2.16. The van der Waals surface area contributed by atoms with Gasteiger partial charge in [-0.2, -0.15) is 0 Å². The van der Waals surface area contributed by atoms with Crippen molar-refractivity contribution < 1.29 is 0 Å². The maximum absolute atomic E-state index is 5.62. The molecule has 2 N–H and O–H groups in total. The molecule has 2 rings (SSSR count). The van der Waals surface area contributed by atoms with E-state index in [1.807, 2.05) is 0 Å². The van der Waals surface area contributed by atoms with Gasteiger partial charge in [0.15, 0.2) is 0 Å². The third-order valence-electron chi connectivity index (χ3n) is 3.42. The fourth-order valence-corrected chi connectivity index (χ4v) is 2.48. The Labute approximate surface area is 109 Å². The Hall–Kier alpha value is -1.54. The van der Waals surface area contributed by atoms with Crippen LogP contribution in [0.15, 0.2) is 42.5 Å².